The van der Waals surface area contributed by atoms with Crippen LogP contribution in [0.25, 0.3) is 0 Å². The third kappa shape index (κ3) is 12.1. The van der Waals surface area contributed by atoms with Crippen molar-refractivity contribution in [2.75, 3.05) is 13.7 Å². The second-order valence-corrected chi connectivity index (χ2v) is 7.69. The Bertz CT molecular complexity index is 572. The van der Waals surface area contributed by atoms with E-state index in [-0.39, 0.29) is 6.61 Å². The van der Waals surface area contributed by atoms with Crippen LogP contribution in [0.2, 0.25) is 0 Å². The number of hydrogen-bond acceptors (Lipinski definition) is 7. The molecule has 7 heteroatoms. The van der Waals surface area contributed by atoms with E-state index in [2.05, 4.69) is 0 Å². The fourth-order valence-electron chi connectivity index (χ4n) is 2.08. The van der Waals surface area contributed by atoms with Crippen molar-refractivity contribution in [3.8, 4) is 0 Å². The molecule has 7 nitrogen and oxygen atoms in total. The van der Waals surface area contributed by atoms with E-state index in [0.717, 1.165) is 23.5 Å². The summed E-state index contributed by atoms with van der Waals surface area (Å²) in [5.41, 5.74) is 0.365. The average Bonchev–Trinajstić information content (AvgIpc) is 3.39. The van der Waals surface area contributed by atoms with Crippen LogP contribution in [-0.2, 0) is 25.7 Å². The van der Waals surface area contributed by atoms with Gasteiger partial charge in [-0.15, -0.1) is 0 Å². The van der Waals surface area contributed by atoms with Gasteiger partial charge in [-0.05, 0) is 38.7 Å². The van der Waals surface area contributed by atoms with Crippen molar-refractivity contribution in [1.82, 2.24) is 5.06 Å². The number of carbonyl (C=O) groups excluding carboxylic acids is 2. The summed E-state index contributed by atoms with van der Waals surface area (Å²) in [4.78, 5) is 23.5. The maximum absolute atomic E-state index is 11.9. The number of hydrogen-bond donors (Lipinski definition) is 2. The third-order valence-electron chi connectivity index (χ3n) is 3.55. The number of rotatable bonds is 8. The van der Waals surface area contributed by atoms with Crippen LogP contribution in [0.1, 0.15) is 45.6 Å². The molecular formula is C20H31NO6. The number of benzene rings is 1. The quantitative estimate of drug-likeness (QED) is 0.528. The first-order chi connectivity index (χ1) is 12.6. The largest absolute Gasteiger partial charge is 0.458 e. The van der Waals surface area contributed by atoms with Gasteiger partial charge in [0.05, 0.1) is 5.60 Å². The molecule has 0 radical (unpaired) electrons. The predicted molar refractivity (Wildman–Crippen MR) is 99.8 cm³/mol. The van der Waals surface area contributed by atoms with E-state index in [1.807, 2.05) is 30.3 Å². The van der Waals surface area contributed by atoms with Crippen LogP contribution in [-0.4, -0.2) is 52.6 Å². The smallest absolute Gasteiger partial charge is 0.344 e. The Hall–Kier alpha value is -1.96. The third-order valence-corrected chi connectivity index (χ3v) is 3.55. The van der Waals surface area contributed by atoms with E-state index in [9.17, 15) is 14.8 Å². The van der Waals surface area contributed by atoms with Crippen LogP contribution in [0.4, 0.5) is 0 Å². The second-order valence-electron chi connectivity index (χ2n) is 7.69. The minimum absolute atomic E-state index is 0.141. The molecule has 0 saturated heterocycles. The topological polar surface area (TPSA) is 96.3 Å². The summed E-state index contributed by atoms with van der Waals surface area (Å²) in [6, 6.07) is 8.52. The maximum Gasteiger partial charge on any atom is 0.344 e. The Balaban J connectivity index is 0.000000646. The van der Waals surface area contributed by atoms with Crippen molar-refractivity contribution in [1.29, 1.82) is 0 Å². The minimum atomic E-state index is -0.727. The first-order valence-corrected chi connectivity index (χ1v) is 9.06. The lowest BCUT2D eigenvalue weighted by Crippen LogP contribution is -2.38. The van der Waals surface area contributed by atoms with Gasteiger partial charge in [-0.25, -0.2) is 4.79 Å². The second kappa shape index (κ2) is 11.0. The first-order valence-electron chi connectivity index (χ1n) is 9.06. The molecule has 0 aliphatic heterocycles. The lowest BCUT2D eigenvalue weighted by atomic mass is 10.1. The molecule has 0 amide bonds. The Morgan fingerprint density at radius 2 is 1.74 bits per heavy atom. The molecule has 0 unspecified atom stereocenters. The molecule has 0 aromatic heterocycles. The van der Waals surface area contributed by atoms with Gasteiger partial charge in [0.25, 0.3) is 0 Å². The molecule has 0 spiro atoms. The van der Waals surface area contributed by atoms with E-state index < -0.39 is 30.2 Å². The van der Waals surface area contributed by atoms with Crippen molar-refractivity contribution in [2.45, 2.75) is 58.3 Å². The normalized spacial score (nSPS) is 14.8. The van der Waals surface area contributed by atoms with Crippen LogP contribution in [0.5, 0.6) is 0 Å². The minimum Gasteiger partial charge on any atom is -0.458 e. The summed E-state index contributed by atoms with van der Waals surface area (Å²) in [7, 11) is 1.40. The highest BCUT2D eigenvalue weighted by Crippen LogP contribution is 2.34. The average molecular weight is 381 g/mol. The zero-order chi connectivity index (χ0) is 20.4. The van der Waals surface area contributed by atoms with Gasteiger partial charge >= 0.3 is 11.9 Å². The first kappa shape index (κ1) is 23.1. The van der Waals surface area contributed by atoms with E-state index >= 15 is 0 Å². The molecular weight excluding hydrogens is 350 g/mol. The molecule has 0 bridgehead atoms. The highest BCUT2D eigenvalue weighted by Gasteiger charge is 2.32. The summed E-state index contributed by atoms with van der Waals surface area (Å²) in [6.45, 7) is 4.93. The molecule has 1 atom stereocenters. The molecule has 1 aromatic carbocycles. The van der Waals surface area contributed by atoms with E-state index in [1.165, 1.54) is 7.05 Å². The monoisotopic (exact) mass is 381 g/mol. The highest BCUT2D eigenvalue weighted by atomic mass is 16.6. The summed E-state index contributed by atoms with van der Waals surface area (Å²) in [5.74, 6) is -0.756. The molecule has 1 aliphatic rings. The van der Waals surface area contributed by atoms with Gasteiger partial charge in [0, 0.05) is 7.05 Å². The predicted octanol–water partition coefficient (Wildman–Crippen LogP) is 2.54. The lowest BCUT2D eigenvalue weighted by Gasteiger charge is -2.20. The van der Waals surface area contributed by atoms with Crippen LogP contribution in [0.3, 0.4) is 0 Å². The molecule has 1 saturated carbocycles. The Labute approximate surface area is 160 Å². The number of nitrogens with zero attached hydrogens (tertiary/aromatic N) is 1. The van der Waals surface area contributed by atoms with E-state index in [4.69, 9.17) is 14.6 Å². The molecule has 2 N–H and O–H groups in total. The molecule has 1 fully saturated rings. The van der Waals surface area contributed by atoms with Crippen LogP contribution in [0, 0.1) is 5.92 Å². The lowest BCUT2D eigenvalue weighted by molar-refractivity contribution is -0.175. The fourth-order valence-corrected chi connectivity index (χ4v) is 2.08. The number of hydroxylamine groups is 2. The number of ether oxygens (including phenoxy) is 2. The van der Waals surface area contributed by atoms with Crippen LogP contribution in [0.15, 0.2) is 30.3 Å². The van der Waals surface area contributed by atoms with Crippen molar-refractivity contribution < 1.29 is 29.4 Å². The molecule has 152 valence electrons. The Morgan fingerprint density at radius 3 is 2.22 bits per heavy atom. The maximum atomic E-state index is 11.9. The molecule has 1 aromatic rings. The standard InChI is InChI=1S/C16H21NO5.C4H10O/c1-17(20)14(9-12-7-8-12)16(19)22-11-15(18)21-10-13-5-3-2-4-6-13;1-4(2,3)5/h2-6,12,14,20H,7-11H2,1H3;5H,1-3H3/t14-;/m0./s1. The number of esters is 2. The van der Waals surface area contributed by atoms with Crippen molar-refractivity contribution in [3.63, 3.8) is 0 Å². The molecule has 2 rings (SSSR count). The van der Waals surface area contributed by atoms with Crippen molar-refractivity contribution in [3.05, 3.63) is 35.9 Å². The highest BCUT2D eigenvalue weighted by molar-refractivity contribution is 5.79. The molecule has 1 aliphatic carbocycles. The summed E-state index contributed by atoms with van der Waals surface area (Å²) >= 11 is 0. The van der Waals surface area contributed by atoms with Gasteiger partial charge in [0.15, 0.2) is 6.61 Å². The van der Waals surface area contributed by atoms with Crippen LogP contribution >= 0.6 is 0 Å². The van der Waals surface area contributed by atoms with Gasteiger partial charge < -0.3 is 19.8 Å². The zero-order valence-electron chi connectivity index (χ0n) is 16.6. The fraction of sp³-hybridized carbons (Fsp3) is 0.600. The van der Waals surface area contributed by atoms with Gasteiger partial charge in [0.1, 0.15) is 12.6 Å². The number of likely N-dealkylation sites (N-methyl/N-ethyl adjacent to an activating group) is 1. The summed E-state index contributed by atoms with van der Waals surface area (Å²) in [5, 5.41) is 18.9. The summed E-state index contributed by atoms with van der Waals surface area (Å²) in [6.07, 6.45) is 2.68. The van der Waals surface area contributed by atoms with E-state index in [0.29, 0.717) is 12.3 Å². The molecule has 0 heterocycles. The number of aliphatic hydroxyl groups is 1. The number of carbonyl (C=O) groups is 2. The molecule has 27 heavy (non-hydrogen) atoms. The van der Waals surface area contributed by atoms with Gasteiger partial charge in [-0.2, -0.15) is 5.06 Å². The van der Waals surface area contributed by atoms with Crippen molar-refractivity contribution >= 4 is 11.9 Å². The Morgan fingerprint density at radius 1 is 1.19 bits per heavy atom. The summed E-state index contributed by atoms with van der Waals surface area (Å²) < 4.78 is 9.95. The zero-order valence-corrected chi connectivity index (χ0v) is 16.6. The SMILES string of the molecule is CC(C)(C)O.CN(O)[C@@H](CC1CC1)C(=O)OCC(=O)OCc1ccccc1. The van der Waals surface area contributed by atoms with Gasteiger partial charge in [-0.1, -0.05) is 43.2 Å². The van der Waals surface area contributed by atoms with E-state index in [1.54, 1.807) is 20.8 Å². The Kier molecular flexibility index (Phi) is 9.41. The van der Waals surface area contributed by atoms with Crippen LogP contribution < -0.4 is 0 Å². The van der Waals surface area contributed by atoms with Gasteiger partial charge in [-0.3, -0.25) is 4.79 Å². The van der Waals surface area contributed by atoms with Gasteiger partial charge in [0.2, 0.25) is 0 Å². The van der Waals surface area contributed by atoms with Crippen molar-refractivity contribution in [2.24, 2.45) is 5.92 Å².